The summed E-state index contributed by atoms with van der Waals surface area (Å²) in [5.41, 5.74) is 3.79. The highest BCUT2D eigenvalue weighted by atomic mass is 16.6. The van der Waals surface area contributed by atoms with Crippen molar-refractivity contribution in [3.63, 3.8) is 0 Å². The maximum atomic E-state index is 11.1. The lowest BCUT2D eigenvalue weighted by molar-refractivity contribution is -0.385. The van der Waals surface area contributed by atoms with E-state index in [1.165, 1.54) is 0 Å². The molecule has 0 atom stereocenters. The van der Waals surface area contributed by atoms with Crippen molar-refractivity contribution in [3.8, 4) is 11.3 Å². The monoisotopic (exact) mass is 365 g/mol. The Morgan fingerprint density at radius 2 is 1.93 bits per heavy atom. The van der Waals surface area contributed by atoms with Crippen LogP contribution in [-0.4, -0.2) is 28.6 Å². The van der Waals surface area contributed by atoms with E-state index in [1.807, 2.05) is 49.5 Å². The Kier molecular flexibility index (Phi) is 5.98. The fourth-order valence-electron chi connectivity index (χ4n) is 3.11. The van der Waals surface area contributed by atoms with Crippen LogP contribution < -0.4 is 0 Å². The van der Waals surface area contributed by atoms with Crippen LogP contribution in [0.15, 0.2) is 59.1 Å². The largest absolute Gasteiger partial charge is 0.361 e. The van der Waals surface area contributed by atoms with Crippen LogP contribution in [0.5, 0.6) is 0 Å². The zero-order valence-electron chi connectivity index (χ0n) is 15.6. The topological polar surface area (TPSA) is 72.4 Å². The Labute approximate surface area is 158 Å². The summed E-state index contributed by atoms with van der Waals surface area (Å²) in [7, 11) is 2.02. The number of nitrogens with zero attached hydrogens (tertiary/aromatic N) is 3. The first-order chi connectivity index (χ1) is 13.0. The molecule has 3 rings (SSSR count). The van der Waals surface area contributed by atoms with Gasteiger partial charge in [-0.05, 0) is 32.5 Å². The minimum absolute atomic E-state index is 0.177. The van der Waals surface area contributed by atoms with Crippen LogP contribution in [0.4, 0.5) is 5.69 Å². The molecule has 0 radical (unpaired) electrons. The van der Waals surface area contributed by atoms with Crippen LogP contribution in [0, 0.1) is 17.0 Å². The molecule has 27 heavy (non-hydrogen) atoms. The SMILES string of the molecule is Cc1c(CN(C)CCCc2cc(-c3ccccc3)no2)cccc1[N+](=O)[O-]. The van der Waals surface area contributed by atoms with E-state index < -0.39 is 0 Å². The molecule has 1 heterocycles. The summed E-state index contributed by atoms with van der Waals surface area (Å²) in [5.74, 6) is 0.869. The number of benzene rings is 2. The van der Waals surface area contributed by atoms with Crippen molar-refractivity contribution in [1.82, 2.24) is 10.1 Å². The average molecular weight is 365 g/mol. The van der Waals surface area contributed by atoms with Crippen LogP contribution in [0.3, 0.4) is 0 Å². The van der Waals surface area contributed by atoms with E-state index in [9.17, 15) is 10.1 Å². The van der Waals surface area contributed by atoms with Gasteiger partial charge in [0.25, 0.3) is 5.69 Å². The summed E-state index contributed by atoms with van der Waals surface area (Å²) < 4.78 is 5.44. The molecule has 0 aliphatic heterocycles. The molecule has 0 spiro atoms. The zero-order chi connectivity index (χ0) is 19.2. The fraction of sp³-hybridized carbons (Fsp3) is 0.286. The van der Waals surface area contributed by atoms with Gasteiger partial charge in [-0.15, -0.1) is 0 Å². The molecule has 3 aromatic rings. The van der Waals surface area contributed by atoms with Gasteiger partial charge in [-0.3, -0.25) is 10.1 Å². The predicted octanol–water partition coefficient (Wildman–Crippen LogP) is 4.62. The average Bonchev–Trinajstić information content (AvgIpc) is 3.13. The minimum Gasteiger partial charge on any atom is -0.361 e. The number of nitro groups is 1. The first-order valence-corrected chi connectivity index (χ1v) is 8.97. The molecule has 1 aromatic heterocycles. The van der Waals surface area contributed by atoms with Gasteiger partial charge in [0.1, 0.15) is 11.5 Å². The molecule has 0 aliphatic rings. The van der Waals surface area contributed by atoms with Gasteiger partial charge >= 0.3 is 0 Å². The molecular weight excluding hydrogens is 342 g/mol. The van der Waals surface area contributed by atoms with Crippen molar-refractivity contribution in [3.05, 3.63) is 81.6 Å². The second kappa shape index (κ2) is 8.60. The van der Waals surface area contributed by atoms with E-state index in [1.54, 1.807) is 19.1 Å². The highest BCUT2D eigenvalue weighted by molar-refractivity contribution is 5.58. The molecule has 0 bridgehead atoms. The Morgan fingerprint density at radius 3 is 2.67 bits per heavy atom. The third-order valence-electron chi connectivity index (χ3n) is 4.65. The van der Waals surface area contributed by atoms with Crippen molar-refractivity contribution < 1.29 is 9.45 Å². The first kappa shape index (κ1) is 18.8. The summed E-state index contributed by atoms with van der Waals surface area (Å²) in [4.78, 5) is 12.9. The molecule has 0 saturated heterocycles. The Bertz CT molecular complexity index is 906. The van der Waals surface area contributed by atoms with Gasteiger partial charge in [0, 0.05) is 36.2 Å². The van der Waals surface area contributed by atoms with Gasteiger partial charge in [-0.25, -0.2) is 0 Å². The van der Waals surface area contributed by atoms with Crippen molar-refractivity contribution >= 4 is 5.69 Å². The molecule has 140 valence electrons. The van der Waals surface area contributed by atoms with E-state index in [-0.39, 0.29) is 10.6 Å². The van der Waals surface area contributed by atoms with E-state index in [0.717, 1.165) is 47.5 Å². The smallest absolute Gasteiger partial charge is 0.272 e. The Morgan fingerprint density at radius 1 is 1.15 bits per heavy atom. The van der Waals surface area contributed by atoms with Crippen LogP contribution in [0.2, 0.25) is 0 Å². The fourth-order valence-corrected chi connectivity index (χ4v) is 3.11. The van der Waals surface area contributed by atoms with Crippen molar-refractivity contribution in [1.29, 1.82) is 0 Å². The van der Waals surface area contributed by atoms with Crippen LogP contribution in [-0.2, 0) is 13.0 Å². The highest BCUT2D eigenvalue weighted by Crippen LogP contribution is 2.22. The lowest BCUT2D eigenvalue weighted by Crippen LogP contribution is -2.20. The highest BCUT2D eigenvalue weighted by Gasteiger charge is 2.14. The maximum Gasteiger partial charge on any atom is 0.272 e. The van der Waals surface area contributed by atoms with Gasteiger partial charge in [0.15, 0.2) is 0 Å². The number of rotatable bonds is 8. The number of nitro benzene ring substituents is 1. The van der Waals surface area contributed by atoms with E-state index in [0.29, 0.717) is 6.54 Å². The Balaban J connectivity index is 1.52. The summed E-state index contributed by atoms with van der Waals surface area (Å²) in [6, 6.07) is 17.2. The second-order valence-corrected chi connectivity index (χ2v) is 6.70. The lowest BCUT2D eigenvalue weighted by Gasteiger charge is -2.17. The molecule has 2 aromatic carbocycles. The van der Waals surface area contributed by atoms with E-state index in [2.05, 4.69) is 10.1 Å². The Hall–Kier alpha value is -2.99. The molecular formula is C21H23N3O3. The normalized spacial score (nSPS) is 11.1. The summed E-state index contributed by atoms with van der Waals surface area (Å²) in [5, 5.41) is 15.2. The third-order valence-corrected chi connectivity index (χ3v) is 4.65. The third kappa shape index (κ3) is 4.80. The van der Waals surface area contributed by atoms with E-state index >= 15 is 0 Å². The molecule has 6 heteroatoms. The van der Waals surface area contributed by atoms with Crippen LogP contribution in [0.1, 0.15) is 23.3 Å². The van der Waals surface area contributed by atoms with Gasteiger partial charge < -0.3 is 9.42 Å². The number of aryl methyl sites for hydroxylation is 1. The number of aromatic nitrogens is 1. The standard InChI is InChI=1S/C21H23N3O3/c1-16-18(10-6-12-21(16)24(25)26)15-23(2)13-7-11-19-14-20(22-27-19)17-8-4-3-5-9-17/h3-6,8-10,12,14H,7,11,13,15H2,1-2H3. The molecule has 6 nitrogen and oxygen atoms in total. The van der Waals surface area contributed by atoms with Crippen molar-refractivity contribution in [2.75, 3.05) is 13.6 Å². The molecule has 0 saturated carbocycles. The quantitative estimate of drug-likeness (QED) is 0.430. The van der Waals surface area contributed by atoms with E-state index in [4.69, 9.17) is 4.52 Å². The van der Waals surface area contributed by atoms with Crippen LogP contribution in [0.25, 0.3) is 11.3 Å². The minimum atomic E-state index is -0.326. The number of hydrogen-bond acceptors (Lipinski definition) is 5. The van der Waals surface area contributed by atoms with Crippen molar-refractivity contribution in [2.24, 2.45) is 0 Å². The summed E-state index contributed by atoms with van der Waals surface area (Å²) in [6.45, 7) is 3.35. The van der Waals surface area contributed by atoms with Gasteiger partial charge in [0.2, 0.25) is 0 Å². The lowest BCUT2D eigenvalue weighted by atomic mass is 10.1. The molecule has 0 amide bonds. The van der Waals surface area contributed by atoms with Crippen molar-refractivity contribution in [2.45, 2.75) is 26.3 Å². The maximum absolute atomic E-state index is 11.1. The zero-order valence-corrected chi connectivity index (χ0v) is 15.6. The van der Waals surface area contributed by atoms with Crippen LogP contribution >= 0.6 is 0 Å². The molecule has 0 unspecified atom stereocenters. The molecule has 0 N–H and O–H groups in total. The van der Waals surface area contributed by atoms with Gasteiger partial charge in [0.05, 0.1) is 4.92 Å². The predicted molar refractivity (Wildman–Crippen MR) is 104 cm³/mol. The molecule has 0 fully saturated rings. The van der Waals surface area contributed by atoms with Gasteiger partial charge in [-0.1, -0.05) is 47.6 Å². The number of hydrogen-bond donors (Lipinski definition) is 0. The van der Waals surface area contributed by atoms with Gasteiger partial charge in [-0.2, -0.15) is 0 Å². The second-order valence-electron chi connectivity index (χ2n) is 6.70. The summed E-state index contributed by atoms with van der Waals surface area (Å²) >= 11 is 0. The summed E-state index contributed by atoms with van der Waals surface area (Å²) in [6.07, 6.45) is 1.73. The first-order valence-electron chi connectivity index (χ1n) is 8.97. The molecule has 0 aliphatic carbocycles.